The summed E-state index contributed by atoms with van der Waals surface area (Å²) in [5.41, 5.74) is 9.73. The van der Waals surface area contributed by atoms with Gasteiger partial charge in [0.15, 0.2) is 6.10 Å². The minimum atomic E-state index is -4.95. The molecule has 0 saturated heterocycles. The number of aliphatic hydroxyl groups is 1. The van der Waals surface area contributed by atoms with Crippen LogP contribution in [-0.2, 0) is 32.0 Å². The summed E-state index contributed by atoms with van der Waals surface area (Å²) in [7, 11) is 0. The van der Waals surface area contributed by atoms with E-state index in [-0.39, 0.29) is 30.3 Å². The quantitative estimate of drug-likeness (QED) is 0.147. The lowest BCUT2D eigenvalue weighted by Crippen LogP contribution is -2.51. The van der Waals surface area contributed by atoms with Gasteiger partial charge in [-0.25, -0.2) is 0 Å². The maximum Gasteiger partial charge on any atom is 0.416 e. The smallest absolute Gasteiger partial charge is 0.382 e. The molecule has 2 atom stereocenters. The second kappa shape index (κ2) is 20.4. The molecular weight excluding hydrogens is 667 g/mol. The molecule has 0 radical (unpaired) electrons. The number of amides is 5. The zero-order valence-corrected chi connectivity index (χ0v) is 28.9. The summed E-state index contributed by atoms with van der Waals surface area (Å²) < 4.78 is 37.0. The van der Waals surface area contributed by atoms with E-state index >= 15 is 0 Å². The summed E-state index contributed by atoms with van der Waals surface area (Å²) >= 11 is 0. The van der Waals surface area contributed by atoms with Crippen LogP contribution in [0.25, 0.3) is 11.1 Å². The van der Waals surface area contributed by atoms with Crippen LogP contribution in [0.15, 0.2) is 78.9 Å². The molecule has 1 aliphatic rings. The zero-order valence-electron chi connectivity index (χ0n) is 28.9. The van der Waals surface area contributed by atoms with E-state index < -0.39 is 49.5 Å². The number of nitrogens with one attached hydrogen (secondary N) is 4. The summed E-state index contributed by atoms with van der Waals surface area (Å²) in [6.07, 6.45) is -5.62. The van der Waals surface area contributed by atoms with Crippen molar-refractivity contribution in [2.75, 3.05) is 13.1 Å². The topological polar surface area (TPSA) is 180 Å². The van der Waals surface area contributed by atoms with Crippen LogP contribution in [0.3, 0.4) is 0 Å². The van der Waals surface area contributed by atoms with Gasteiger partial charge >= 0.3 is 6.18 Å². The van der Waals surface area contributed by atoms with Gasteiger partial charge < -0.3 is 32.1 Å². The highest BCUT2D eigenvalue weighted by atomic mass is 19.4. The molecule has 1 aliphatic carbocycles. The van der Waals surface area contributed by atoms with Crippen LogP contribution in [0.4, 0.5) is 13.2 Å². The van der Waals surface area contributed by atoms with E-state index in [0.717, 1.165) is 24.0 Å². The van der Waals surface area contributed by atoms with Crippen LogP contribution >= 0.6 is 0 Å². The molecule has 276 valence electrons. The number of aliphatic hydroxyl groups excluding tert-OH is 1. The Balaban J connectivity index is 0.000000357. The Kier molecular flexibility index (Phi) is 16.8. The normalized spacial score (nSPS) is 13.7. The second-order valence-corrected chi connectivity index (χ2v) is 12.2. The molecule has 5 amide bonds. The largest absolute Gasteiger partial charge is 0.416 e. The average Bonchev–Trinajstić information content (AvgIpc) is 3.43. The molecule has 51 heavy (non-hydrogen) atoms. The van der Waals surface area contributed by atoms with Crippen molar-refractivity contribution in [1.29, 1.82) is 0 Å². The minimum absolute atomic E-state index is 0.0365. The first-order chi connectivity index (χ1) is 24.1. The van der Waals surface area contributed by atoms with Gasteiger partial charge in [-0.2, -0.15) is 13.2 Å². The summed E-state index contributed by atoms with van der Waals surface area (Å²) in [5, 5.41) is 18.7. The molecule has 0 bridgehead atoms. The standard InChI is InChI=1S/C25H24N2O2.C9H14F3N3O4.C3H8/c1-25(15-21-9-5-6-10-22(21)16-25)27-23(28)17-26-24(29)20-13-11-19(12-14-20)18-7-3-2-4-8-18;10-9(11,12)8(19)5(1-2-6(13)17)15-7(18)3-14-4-16;1-3-2/h2-14H,15-17H2,1H3,(H,26,29)(H,27,28);4-5,8,19H,1-3H2,(H2,13,17)(H,14,16)(H,15,18);3H2,1-2H3. The monoisotopic (exact) mass is 713 g/mol. The Morgan fingerprint density at radius 1 is 0.863 bits per heavy atom. The summed E-state index contributed by atoms with van der Waals surface area (Å²) in [6, 6.07) is 23.9. The van der Waals surface area contributed by atoms with Crippen molar-refractivity contribution in [2.24, 2.45) is 5.73 Å². The van der Waals surface area contributed by atoms with E-state index in [0.29, 0.717) is 5.56 Å². The fourth-order valence-corrected chi connectivity index (χ4v) is 5.21. The molecule has 0 spiro atoms. The second-order valence-electron chi connectivity index (χ2n) is 12.2. The fraction of sp³-hybridized carbons (Fsp3) is 0.378. The van der Waals surface area contributed by atoms with Crippen LogP contribution in [0.2, 0.25) is 0 Å². The lowest BCUT2D eigenvalue weighted by Gasteiger charge is -2.25. The third-order valence-corrected chi connectivity index (χ3v) is 7.50. The predicted molar refractivity (Wildman–Crippen MR) is 187 cm³/mol. The lowest BCUT2D eigenvalue weighted by atomic mass is 9.98. The van der Waals surface area contributed by atoms with Crippen molar-refractivity contribution in [3.8, 4) is 11.1 Å². The highest BCUT2D eigenvalue weighted by Gasteiger charge is 2.44. The first kappa shape index (κ1) is 41.9. The maximum absolute atomic E-state index is 12.4. The van der Waals surface area contributed by atoms with E-state index in [1.807, 2.05) is 65.2 Å². The van der Waals surface area contributed by atoms with Gasteiger partial charge in [-0.1, -0.05) is 87.0 Å². The number of alkyl halides is 3. The summed E-state index contributed by atoms with van der Waals surface area (Å²) in [6.45, 7) is 5.72. The Hall–Kier alpha value is -5.24. The molecule has 7 N–H and O–H groups in total. The number of rotatable bonds is 13. The van der Waals surface area contributed by atoms with E-state index in [4.69, 9.17) is 10.8 Å². The molecular formula is C37H46F3N5O6. The summed E-state index contributed by atoms with van der Waals surface area (Å²) in [4.78, 5) is 56.4. The number of fused-ring (bicyclic) bond motifs is 1. The van der Waals surface area contributed by atoms with Crippen molar-refractivity contribution in [1.82, 2.24) is 21.3 Å². The van der Waals surface area contributed by atoms with Gasteiger partial charge in [0, 0.05) is 17.5 Å². The molecule has 0 aliphatic heterocycles. The fourth-order valence-electron chi connectivity index (χ4n) is 5.21. The van der Waals surface area contributed by atoms with Gasteiger partial charge in [-0.3, -0.25) is 24.0 Å². The van der Waals surface area contributed by atoms with Gasteiger partial charge in [0.25, 0.3) is 5.91 Å². The maximum atomic E-state index is 12.4. The van der Waals surface area contributed by atoms with Crippen LogP contribution in [-0.4, -0.2) is 72.1 Å². The molecule has 14 heteroatoms. The summed E-state index contributed by atoms with van der Waals surface area (Å²) in [5.74, 6) is -2.21. The molecule has 0 heterocycles. The number of hydrogen-bond donors (Lipinski definition) is 6. The van der Waals surface area contributed by atoms with Gasteiger partial charge in [-0.05, 0) is 60.6 Å². The predicted octanol–water partition coefficient (Wildman–Crippen LogP) is 3.58. The van der Waals surface area contributed by atoms with E-state index in [1.165, 1.54) is 17.5 Å². The number of halogens is 3. The number of hydrogen-bond acceptors (Lipinski definition) is 6. The van der Waals surface area contributed by atoms with Crippen molar-refractivity contribution >= 4 is 30.0 Å². The molecule has 4 rings (SSSR count). The molecule has 0 fully saturated rings. The van der Waals surface area contributed by atoms with Crippen molar-refractivity contribution in [3.63, 3.8) is 0 Å². The van der Waals surface area contributed by atoms with Crippen molar-refractivity contribution in [2.45, 2.75) is 76.7 Å². The van der Waals surface area contributed by atoms with E-state index in [2.05, 4.69) is 43.5 Å². The number of carbonyl (C=O) groups excluding carboxylic acids is 5. The third kappa shape index (κ3) is 14.6. The minimum Gasteiger partial charge on any atom is -0.382 e. The average molecular weight is 714 g/mol. The number of carbonyl (C=O) groups is 5. The van der Waals surface area contributed by atoms with Crippen molar-refractivity contribution < 1.29 is 42.3 Å². The molecule has 3 aromatic carbocycles. The van der Waals surface area contributed by atoms with Gasteiger partial charge in [0.2, 0.25) is 24.1 Å². The Morgan fingerprint density at radius 2 is 1.39 bits per heavy atom. The number of benzene rings is 3. The molecule has 0 aromatic heterocycles. The van der Waals surface area contributed by atoms with Crippen LogP contribution < -0.4 is 27.0 Å². The van der Waals surface area contributed by atoms with Crippen LogP contribution in [0, 0.1) is 0 Å². The first-order valence-electron chi connectivity index (χ1n) is 16.4. The zero-order chi connectivity index (χ0) is 38.0. The molecule has 2 unspecified atom stereocenters. The number of primary amides is 1. The Bertz CT molecular complexity index is 1560. The van der Waals surface area contributed by atoms with Gasteiger partial charge in [0.1, 0.15) is 0 Å². The first-order valence-corrected chi connectivity index (χ1v) is 16.4. The van der Waals surface area contributed by atoms with Crippen molar-refractivity contribution in [3.05, 3.63) is 95.6 Å². The highest BCUT2D eigenvalue weighted by Crippen LogP contribution is 2.29. The number of nitrogens with two attached hydrogens (primary N) is 1. The molecule has 0 saturated carbocycles. The molecule has 11 nitrogen and oxygen atoms in total. The SMILES string of the molecule is CC1(NC(=O)CNC(=O)c2ccc(-c3ccccc3)cc2)Cc2ccccc2C1.CCC.NC(=O)CCC(NC(=O)CNC=O)C(O)C(F)(F)F. The molecule has 3 aromatic rings. The lowest BCUT2D eigenvalue weighted by molar-refractivity contribution is -0.212. The Labute approximate surface area is 295 Å². The van der Waals surface area contributed by atoms with E-state index in [1.54, 1.807) is 12.1 Å². The van der Waals surface area contributed by atoms with Crippen LogP contribution in [0.1, 0.15) is 61.5 Å². The highest BCUT2D eigenvalue weighted by molar-refractivity contribution is 5.97. The van der Waals surface area contributed by atoms with E-state index in [9.17, 15) is 37.1 Å². The third-order valence-electron chi connectivity index (χ3n) is 7.50. The van der Waals surface area contributed by atoms with Gasteiger partial charge in [-0.15, -0.1) is 0 Å². The Morgan fingerprint density at radius 3 is 1.90 bits per heavy atom. The van der Waals surface area contributed by atoms with Crippen LogP contribution in [0.5, 0.6) is 0 Å². The van der Waals surface area contributed by atoms with Gasteiger partial charge in [0.05, 0.1) is 19.1 Å².